The molecule has 1 aromatic carbocycles. The van der Waals surface area contributed by atoms with Gasteiger partial charge in [0.05, 0.1) is 13.2 Å². The second-order valence-corrected chi connectivity index (χ2v) is 3.43. The number of benzene rings is 1. The van der Waals surface area contributed by atoms with Crippen LogP contribution in [0.15, 0.2) is 30.3 Å². The minimum Gasteiger partial charge on any atom is -0.379 e. The van der Waals surface area contributed by atoms with Crippen LogP contribution >= 0.6 is 0 Å². The molecule has 1 fully saturated rings. The molecular formula is C12H13N2NaO. The van der Waals surface area contributed by atoms with E-state index in [4.69, 9.17) is 10.00 Å². The molecule has 1 aliphatic rings. The summed E-state index contributed by atoms with van der Waals surface area (Å²) < 4.78 is 5.27. The molecule has 4 heteroatoms. The summed E-state index contributed by atoms with van der Waals surface area (Å²) in [4.78, 5) is 2.08. The number of nitrogens with zero attached hydrogens (tertiary/aromatic N) is 2. The Morgan fingerprint density at radius 2 is 1.81 bits per heavy atom. The average molecular weight is 224 g/mol. The van der Waals surface area contributed by atoms with Crippen LogP contribution in [-0.4, -0.2) is 31.2 Å². The van der Waals surface area contributed by atoms with Gasteiger partial charge in [-0.2, -0.15) is 17.7 Å². The summed E-state index contributed by atoms with van der Waals surface area (Å²) in [6, 6.07) is 12.8. The SMILES string of the molecule is N#C[C-](c1ccccc1)N1CCOCC1.[Na+]. The Bertz CT molecular complexity index is 344. The van der Waals surface area contributed by atoms with E-state index in [1.165, 1.54) is 0 Å². The Kier molecular flexibility index (Phi) is 5.89. The van der Waals surface area contributed by atoms with E-state index in [9.17, 15) is 0 Å². The molecule has 1 saturated heterocycles. The molecule has 1 heterocycles. The van der Waals surface area contributed by atoms with Crippen LogP contribution in [-0.2, 0) is 4.74 Å². The standard InChI is InChI=1S/C12H13N2O.Na/c13-10-12(11-4-2-1-3-5-11)14-6-8-15-9-7-14;/h1-5H,6-9H2;/q-1;+1. The fourth-order valence-electron chi connectivity index (χ4n) is 1.70. The first-order valence-electron chi connectivity index (χ1n) is 5.07. The van der Waals surface area contributed by atoms with Crippen molar-refractivity contribution in [2.75, 3.05) is 26.3 Å². The molecular weight excluding hydrogens is 211 g/mol. The minimum absolute atomic E-state index is 0. The number of rotatable bonds is 2. The van der Waals surface area contributed by atoms with Crippen molar-refractivity contribution < 1.29 is 34.3 Å². The molecule has 16 heavy (non-hydrogen) atoms. The van der Waals surface area contributed by atoms with Crippen molar-refractivity contribution in [3.63, 3.8) is 0 Å². The van der Waals surface area contributed by atoms with Gasteiger partial charge in [0.25, 0.3) is 0 Å². The predicted octanol–water partition coefficient (Wildman–Crippen LogP) is -1.57. The quantitative estimate of drug-likeness (QED) is 0.450. The average Bonchev–Trinajstić information content (AvgIpc) is 2.33. The van der Waals surface area contributed by atoms with Crippen LogP contribution in [0.1, 0.15) is 5.56 Å². The van der Waals surface area contributed by atoms with Crippen molar-refractivity contribution in [3.05, 3.63) is 41.9 Å². The van der Waals surface area contributed by atoms with Crippen molar-refractivity contribution in [2.24, 2.45) is 0 Å². The molecule has 0 aliphatic carbocycles. The zero-order valence-electron chi connectivity index (χ0n) is 9.52. The monoisotopic (exact) mass is 224 g/mol. The van der Waals surface area contributed by atoms with E-state index in [1.807, 2.05) is 30.3 Å². The van der Waals surface area contributed by atoms with Crippen molar-refractivity contribution in [1.29, 1.82) is 5.26 Å². The molecule has 0 unspecified atom stereocenters. The van der Waals surface area contributed by atoms with Gasteiger partial charge in [-0.3, -0.25) is 0 Å². The molecule has 78 valence electrons. The predicted molar refractivity (Wildman–Crippen MR) is 56.8 cm³/mol. The topological polar surface area (TPSA) is 36.3 Å². The molecule has 0 N–H and O–H groups in total. The molecule has 1 aromatic rings. The van der Waals surface area contributed by atoms with Crippen LogP contribution < -0.4 is 29.6 Å². The van der Waals surface area contributed by atoms with Gasteiger partial charge in [0, 0.05) is 19.2 Å². The largest absolute Gasteiger partial charge is 1.00 e. The van der Waals surface area contributed by atoms with E-state index in [-0.39, 0.29) is 29.6 Å². The third-order valence-electron chi connectivity index (χ3n) is 2.48. The van der Waals surface area contributed by atoms with Gasteiger partial charge in [-0.15, -0.1) is 12.1 Å². The summed E-state index contributed by atoms with van der Waals surface area (Å²) in [5, 5.41) is 9.16. The molecule has 0 radical (unpaired) electrons. The van der Waals surface area contributed by atoms with E-state index in [1.54, 1.807) is 0 Å². The van der Waals surface area contributed by atoms with Gasteiger partial charge in [0.1, 0.15) is 0 Å². The maximum absolute atomic E-state index is 9.16. The summed E-state index contributed by atoms with van der Waals surface area (Å²) in [7, 11) is 0. The van der Waals surface area contributed by atoms with Gasteiger partial charge in [0.15, 0.2) is 0 Å². The van der Waals surface area contributed by atoms with Crippen LogP contribution in [0, 0.1) is 17.4 Å². The fourth-order valence-corrected chi connectivity index (χ4v) is 1.70. The molecule has 1 aliphatic heterocycles. The number of hydrogen-bond acceptors (Lipinski definition) is 3. The van der Waals surface area contributed by atoms with Crippen molar-refractivity contribution in [1.82, 2.24) is 4.90 Å². The van der Waals surface area contributed by atoms with Gasteiger partial charge in [-0.25, -0.2) is 5.26 Å². The molecule has 0 amide bonds. The van der Waals surface area contributed by atoms with Crippen LogP contribution in [0.25, 0.3) is 0 Å². The minimum atomic E-state index is 0. The van der Waals surface area contributed by atoms with E-state index >= 15 is 0 Å². The van der Waals surface area contributed by atoms with Crippen molar-refractivity contribution >= 4 is 0 Å². The van der Waals surface area contributed by atoms with Gasteiger partial charge in [0.2, 0.25) is 0 Å². The number of hydrogen-bond donors (Lipinski definition) is 0. The first-order valence-corrected chi connectivity index (χ1v) is 5.07. The maximum Gasteiger partial charge on any atom is 1.00 e. The molecule has 0 aromatic heterocycles. The smallest absolute Gasteiger partial charge is 0.379 e. The second kappa shape index (κ2) is 6.95. The summed E-state index contributed by atoms with van der Waals surface area (Å²) in [5.41, 5.74) is 0.988. The van der Waals surface area contributed by atoms with Gasteiger partial charge < -0.3 is 9.64 Å². The maximum atomic E-state index is 9.16. The Balaban J connectivity index is 0.00000128. The Hall–Kier alpha value is -0.500. The van der Waals surface area contributed by atoms with Gasteiger partial charge >= 0.3 is 29.6 Å². The summed E-state index contributed by atoms with van der Waals surface area (Å²) >= 11 is 0. The molecule has 2 rings (SSSR count). The van der Waals surface area contributed by atoms with E-state index in [0.717, 1.165) is 24.7 Å². The summed E-state index contributed by atoms with van der Waals surface area (Å²) in [6.07, 6.45) is 0. The Morgan fingerprint density at radius 3 is 2.38 bits per heavy atom. The number of ether oxygens (including phenoxy) is 1. The molecule has 0 saturated carbocycles. The van der Waals surface area contributed by atoms with E-state index in [0.29, 0.717) is 13.2 Å². The van der Waals surface area contributed by atoms with Gasteiger partial charge in [-0.05, 0) is 6.04 Å². The van der Waals surface area contributed by atoms with Crippen molar-refractivity contribution in [3.8, 4) is 6.07 Å². The number of nitriles is 1. The molecule has 0 spiro atoms. The fraction of sp³-hybridized carbons (Fsp3) is 0.333. The Labute approximate surface area is 118 Å². The van der Waals surface area contributed by atoms with Crippen LogP contribution in [0.4, 0.5) is 0 Å². The number of morpholine rings is 1. The zero-order chi connectivity index (χ0) is 10.5. The van der Waals surface area contributed by atoms with E-state index in [2.05, 4.69) is 11.0 Å². The van der Waals surface area contributed by atoms with Crippen LogP contribution in [0.3, 0.4) is 0 Å². The van der Waals surface area contributed by atoms with E-state index < -0.39 is 0 Å². The van der Waals surface area contributed by atoms with Gasteiger partial charge in [-0.1, -0.05) is 6.07 Å². The third-order valence-corrected chi connectivity index (χ3v) is 2.48. The third kappa shape index (κ3) is 3.24. The summed E-state index contributed by atoms with van der Waals surface area (Å²) in [5.74, 6) is 0. The summed E-state index contributed by atoms with van der Waals surface area (Å²) in [6.45, 7) is 3.02. The second-order valence-electron chi connectivity index (χ2n) is 3.43. The molecule has 0 bridgehead atoms. The Morgan fingerprint density at radius 1 is 1.19 bits per heavy atom. The van der Waals surface area contributed by atoms with Crippen LogP contribution in [0.5, 0.6) is 0 Å². The van der Waals surface area contributed by atoms with Crippen molar-refractivity contribution in [2.45, 2.75) is 0 Å². The van der Waals surface area contributed by atoms with Crippen LogP contribution in [0.2, 0.25) is 0 Å². The molecule has 3 nitrogen and oxygen atoms in total. The zero-order valence-corrected chi connectivity index (χ0v) is 11.5. The molecule has 0 atom stereocenters. The normalized spacial score (nSPS) is 15.9. The first kappa shape index (κ1) is 13.6. The first-order chi connectivity index (χ1) is 7.42.